The summed E-state index contributed by atoms with van der Waals surface area (Å²) in [4.78, 5) is 14.7. The maximum Gasteiger partial charge on any atom is 0.342 e. The number of nitrogens with zero attached hydrogens (tertiary/aromatic N) is 1. The minimum atomic E-state index is -0.849. The third-order valence-electron chi connectivity index (χ3n) is 1.98. The molecule has 0 aliphatic carbocycles. The second-order valence-electron chi connectivity index (χ2n) is 3.21. The lowest BCUT2D eigenvalue weighted by Gasteiger charge is -2.00. The van der Waals surface area contributed by atoms with Gasteiger partial charge in [0, 0.05) is 24.7 Å². The van der Waals surface area contributed by atoms with E-state index in [-0.39, 0.29) is 5.56 Å². The second-order valence-corrected chi connectivity index (χ2v) is 3.21. The van der Waals surface area contributed by atoms with E-state index >= 15 is 0 Å². The van der Waals surface area contributed by atoms with Gasteiger partial charge in [-0.3, -0.25) is 0 Å². The quantitative estimate of drug-likeness (QED) is 0.368. The van der Waals surface area contributed by atoms with Gasteiger partial charge in [0.1, 0.15) is 5.56 Å². The van der Waals surface area contributed by atoms with Gasteiger partial charge in [-0.25, -0.2) is 9.78 Å². The predicted molar refractivity (Wildman–Crippen MR) is 61.0 cm³/mol. The van der Waals surface area contributed by atoms with E-state index in [2.05, 4.69) is 26.9 Å². The van der Waals surface area contributed by atoms with Gasteiger partial charge >= 0.3 is 5.97 Å². The number of ether oxygens (including phenoxy) is 1. The Morgan fingerprint density at radius 1 is 1.65 bits per heavy atom. The van der Waals surface area contributed by atoms with Crippen molar-refractivity contribution < 1.29 is 13.9 Å². The van der Waals surface area contributed by atoms with Gasteiger partial charge in [-0.2, -0.15) is 4.39 Å². The molecule has 1 rings (SSSR count). The zero-order chi connectivity index (χ0) is 12.7. The highest BCUT2D eigenvalue weighted by atomic mass is 19.1. The summed E-state index contributed by atoms with van der Waals surface area (Å²) < 4.78 is 17.6. The molecule has 0 radical (unpaired) electrons. The van der Waals surface area contributed by atoms with E-state index in [0.717, 1.165) is 6.54 Å². The Kier molecular flexibility index (Phi) is 5.11. The van der Waals surface area contributed by atoms with Gasteiger partial charge in [0.05, 0.1) is 7.11 Å². The number of carbonyl (C=O) groups is 1. The molecule has 0 aromatic carbocycles. The van der Waals surface area contributed by atoms with E-state index in [9.17, 15) is 9.18 Å². The van der Waals surface area contributed by atoms with Crippen molar-refractivity contribution in [2.24, 2.45) is 0 Å². The number of rotatable bonds is 3. The van der Waals surface area contributed by atoms with Crippen LogP contribution in [0.3, 0.4) is 0 Å². The van der Waals surface area contributed by atoms with E-state index in [1.54, 1.807) is 0 Å². The van der Waals surface area contributed by atoms with Crippen LogP contribution in [0.2, 0.25) is 0 Å². The third kappa shape index (κ3) is 3.85. The smallest absolute Gasteiger partial charge is 0.342 e. The topological polar surface area (TPSA) is 51.2 Å². The summed E-state index contributed by atoms with van der Waals surface area (Å²) in [5, 5.41) is 2.95. The van der Waals surface area contributed by atoms with Crippen LogP contribution < -0.4 is 5.32 Å². The Morgan fingerprint density at radius 3 is 3.06 bits per heavy atom. The first-order valence-electron chi connectivity index (χ1n) is 5.06. The SMILES string of the molecule is CNCCC#Cc1cnc(F)c(C(=O)OC)c1. The van der Waals surface area contributed by atoms with E-state index in [0.29, 0.717) is 12.0 Å². The molecule has 0 spiro atoms. The molecule has 1 aromatic heterocycles. The number of hydrogen-bond acceptors (Lipinski definition) is 4. The molecule has 1 N–H and O–H groups in total. The number of halogens is 1. The summed E-state index contributed by atoms with van der Waals surface area (Å²) in [7, 11) is 3.02. The maximum absolute atomic E-state index is 13.2. The minimum Gasteiger partial charge on any atom is -0.465 e. The van der Waals surface area contributed by atoms with Crippen molar-refractivity contribution in [3.8, 4) is 11.8 Å². The molecular formula is C12H13FN2O2. The number of aromatic nitrogens is 1. The van der Waals surface area contributed by atoms with Crippen molar-refractivity contribution >= 4 is 5.97 Å². The zero-order valence-corrected chi connectivity index (χ0v) is 9.71. The highest BCUT2D eigenvalue weighted by Crippen LogP contribution is 2.08. The monoisotopic (exact) mass is 236 g/mol. The molecule has 17 heavy (non-hydrogen) atoms. The van der Waals surface area contributed by atoms with E-state index in [1.807, 2.05) is 7.05 Å². The van der Waals surface area contributed by atoms with Crippen LogP contribution in [-0.2, 0) is 4.74 Å². The number of methoxy groups -OCH3 is 1. The molecule has 0 aliphatic rings. The van der Waals surface area contributed by atoms with Crippen LogP contribution in [0.5, 0.6) is 0 Å². The van der Waals surface area contributed by atoms with Crippen molar-refractivity contribution in [2.45, 2.75) is 6.42 Å². The van der Waals surface area contributed by atoms with Crippen molar-refractivity contribution in [3.05, 3.63) is 29.3 Å². The van der Waals surface area contributed by atoms with Crippen LogP contribution in [0.4, 0.5) is 4.39 Å². The van der Waals surface area contributed by atoms with Gasteiger partial charge in [0.2, 0.25) is 5.95 Å². The fourth-order valence-electron chi connectivity index (χ4n) is 1.12. The molecule has 1 aromatic rings. The maximum atomic E-state index is 13.2. The Balaban J connectivity index is 2.87. The van der Waals surface area contributed by atoms with Gasteiger partial charge in [-0.1, -0.05) is 11.8 Å². The lowest BCUT2D eigenvalue weighted by atomic mass is 10.2. The van der Waals surface area contributed by atoms with Gasteiger partial charge in [-0.15, -0.1) is 0 Å². The summed E-state index contributed by atoms with van der Waals surface area (Å²) in [6, 6.07) is 1.33. The fraction of sp³-hybridized carbons (Fsp3) is 0.333. The standard InChI is InChI=1S/C12H13FN2O2/c1-14-6-4-3-5-9-7-10(12(16)17-2)11(13)15-8-9/h7-8,14H,4,6H2,1-2H3. The third-order valence-corrected chi connectivity index (χ3v) is 1.98. The predicted octanol–water partition coefficient (Wildman–Crippen LogP) is 0.968. The molecule has 0 saturated heterocycles. The van der Waals surface area contributed by atoms with Crippen LogP contribution in [0.25, 0.3) is 0 Å². The number of carbonyl (C=O) groups excluding carboxylic acids is 1. The first-order valence-corrected chi connectivity index (χ1v) is 5.06. The Hall–Kier alpha value is -1.93. The first kappa shape index (κ1) is 13.1. The number of esters is 1. The van der Waals surface area contributed by atoms with E-state index < -0.39 is 11.9 Å². The van der Waals surface area contributed by atoms with Crippen LogP contribution in [-0.4, -0.2) is 31.7 Å². The molecule has 0 fully saturated rings. The minimum absolute atomic E-state index is 0.201. The van der Waals surface area contributed by atoms with Gasteiger partial charge in [0.15, 0.2) is 0 Å². The largest absolute Gasteiger partial charge is 0.465 e. The average Bonchev–Trinajstić information content (AvgIpc) is 2.35. The van der Waals surface area contributed by atoms with Crippen molar-refractivity contribution in [1.29, 1.82) is 0 Å². The second kappa shape index (κ2) is 6.61. The molecule has 90 valence electrons. The lowest BCUT2D eigenvalue weighted by molar-refractivity contribution is 0.0594. The summed E-state index contributed by atoms with van der Waals surface area (Å²) in [5.74, 6) is 4.07. The van der Waals surface area contributed by atoms with E-state index in [1.165, 1.54) is 19.4 Å². The highest BCUT2D eigenvalue weighted by molar-refractivity contribution is 5.89. The fourth-order valence-corrected chi connectivity index (χ4v) is 1.12. The number of hydrogen-bond donors (Lipinski definition) is 1. The average molecular weight is 236 g/mol. The molecule has 0 saturated carbocycles. The van der Waals surface area contributed by atoms with Crippen molar-refractivity contribution in [3.63, 3.8) is 0 Å². The van der Waals surface area contributed by atoms with Crippen LogP contribution in [0, 0.1) is 17.8 Å². The summed E-state index contributed by atoms with van der Waals surface area (Å²) in [6.07, 6.45) is 1.95. The highest BCUT2D eigenvalue weighted by Gasteiger charge is 2.13. The van der Waals surface area contributed by atoms with E-state index in [4.69, 9.17) is 0 Å². The summed E-state index contributed by atoms with van der Waals surface area (Å²) >= 11 is 0. The summed E-state index contributed by atoms with van der Waals surface area (Å²) in [6.45, 7) is 0.769. The molecule has 1 heterocycles. The Bertz CT molecular complexity index is 463. The summed E-state index contributed by atoms with van der Waals surface area (Å²) in [5.41, 5.74) is 0.288. The molecule has 0 atom stereocenters. The Labute approximate surface area is 99.2 Å². The van der Waals surface area contributed by atoms with Crippen molar-refractivity contribution in [2.75, 3.05) is 20.7 Å². The van der Waals surface area contributed by atoms with Crippen LogP contribution >= 0.6 is 0 Å². The molecular weight excluding hydrogens is 223 g/mol. The van der Waals surface area contributed by atoms with Crippen LogP contribution in [0.15, 0.2) is 12.3 Å². The molecule has 4 nitrogen and oxygen atoms in total. The van der Waals surface area contributed by atoms with Crippen LogP contribution in [0.1, 0.15) is 22.3 Å². The molecule has 0 aliphatic heterocycles. The van der Waals surface area contributed by atoms with Gasteiger partial charge in [-0.05, 0) is 13.1 Å². The Morgan fingerprint density at radius 2 is 2.41 bits per heavy atom. The molecule has 0 unspecified atom stereocenters. The zero-order valence-electron chi connectivity index (χ0n) is 9.71. The number of nitrogens with one attached hydrogen (secondary N) is 1. The normalized spacial score (nSPS) is 9.35. The first-order chi connectivity index (χ1) is 8.19. The van der Waals surface area contributed by atoms with Gasteiger partial charge < -0.3 is 10.1 Å². The molecule has 0 amide bonds. The molecule has 5 heteroatoms. The molecule has 0 bridgehead atoms. The van der Waals surface area contributed by atoms with Crippen molar-refractivity contribution in [1.82, 2.24) is 10.3 Å². The van der Waals surface area contributed by atoms with Gasteiger partial charge in [0.25, 0.3) is 0 Å². The lowest BCUT2D eigenvalue weighted by Crippen LogP contribution is -2.07. The number of pyridine rings is 1.